The van der Waals surface area contributed by atoms with Crippen molar-refractivity contribution in [3.05, 3.63) is 29.8 Å². The SMILES string of the molecule is CCCCCCCCCCCCNc1ccccc1CCl. The van der Waals surface area contributed by atoms with Crippen LogP contribution in [-0.2, 0) is 5.88 Å². The van der Waals surface area contributed by atoms with Gasteiger partial charge in [-0.15, -0.1) is 11.6 Å². The Balaban J connectivity index is 1.93. The van der Waals surface area contributed by atoms with Crippen molar-refractivity contribution < 1.29 is 0 Å². The zero-order valence-corrected chi connectivity index (χ0v) is 14.4. The van der Waals surface area contributed by atoms with Gasteiger partial charge in [0.05, 0.1) is 0 Å². The van der Waals surface area contributed by atoms with Gasteiger partial charge in [0.2, 0.25) is 0 Å². The highest BCUT2D eigenvalue weighted by molar-refractivity contribution is 6.17. The number of alkyl halides is 1. The topological polar surface area (TPSA) is 12.0 Å². The Labute approximate surface area is 136 Å². The Morgan fingerprint density at radius 2 is 1.38 bits per heavy atom. The van der Waals surface area contributed by atoms with Crippen LogP contribution < -0.4 is 5.32 Å². The molecule has 1 aromatic rings. The lowest BCUT2D eigenvalue weighted by molar-refractivity contribution is 0.560. The van der Waals surface area contributed by atoms with Crippen LogP contribution in [0.15, 0.2) is 24.3 Å². The fourth-order valence-corrected chi connectivity index (χ4v) is 2.88. The maximum absolute atomic E-state index is 5.93. The summed E-state index contributed by atoms with van der Waals surface area (Å²) in [5.74, 6) is 0.585. The van der Waals surface area contributed by atoms with Crippen LogP contribution in [0.25, 0.3) is 0 Å². The average Bonchev–Trinajstić information content (AvgIpc) is 2.53. The van der Waals surface area contributed by atoms with Crippen molar-refractivity contribution in [3.63, 3.8) is 0 Å². The number of para-hydroxylation sites is 1. The fourth-order valence-electron chi connectivity index (χ4n) is 2.64. The van der Waals surface area contributed by atoms with Crippen LogP contribution >= 0.6 is 11.6 Å². The zero-order chi connectivity index (χ0) is 15.2. The third-order valence-corrected chi connectivity index (χ3v) is 4.30. The van der Waals surface area contributed by atoms with E-state index in [0.717, 1.165) is 6.54 Å². The number of hydrogen-bond donors (Lipinski definition) is 1. The summed E-state index contributed by atoms with van der Waals surface area (Å²) in [5, 5.41) is 3.50. The van der Waals surface area contributed by atoms with E-state index in [4.69, 9.17) is 11.6 Å². The molecule has 0 spiro atoms. The van der Waals surface area contributed by atoms with Gasteiger partial charge in [0.1, 0.15) is 0 Å². The molecular formula is C19H32ClN. The van der Waals surface area contributed by atoms with Crippen LogP contribution in [0.2, 0.25) is 0 Å². The summed E-state index contributed by atoms with van der Waals surface area (Å²) in [7, 11) is 0. The Hall–Kier alpha value is -0.690. The first-order valence-corrected chi connectivity index (χ1v) is 9.29. The molecule has 120 valence electrons. The summed E-state index contributed by atoms with van der Waals surface area (Å²) in [4.78, 5) is 0. The molecular weight excluding hydrogens is 278 g/mol. The maximum Gasteiger partial charge on any atom is 0.0494 e. The minimum atomic E-state index is 0.585. The van der Waals surface area contributed by atoms with Crippen molar-refractivity contribution in [3.8, 4) is 0 Å². The molecule has 0 amide bonds. The highest BCUT2D eigenvalue weighted by atomic mass is 35.5. The molecule has 0 bridgehead atoms. The van der Waals surface area contributed by atoms with Crippen molar-refractivity contribution in [2.75, 3.05) is 11.9 Å². The number of anilines is 1. The number of rotatable bonds is 13. The third kappa shape index (κ3) is 9.03. The predicted octanol–water partition coefficient (Wildman–Crippen LogP) is 6.76. The molecule has 0 unspecified atom stereocenters. The smallest absolute Gasteiger partial charge is 0.0494 e. The molecule has 2 heteroatoms. The van der Waals surface area contributed by atoms with Crippen LogP contribution in [0.4, 0.5) is 5.69 Å². The molecule has 1 aromatic carbocycles. The molecule has 0 heterocycles. The van der Waals surface area contributed by atoms with Gasteiger partial charge in [-0.3, -0.25) is 0 Å². The van der Waals surface area contributed by atoms with Gasteiger partial charge in [0, 0.05) is 18.1 Å². The largest absolute Gasteiger partial charge is 0.385 e. The number of nitrogens with one attached hydrogen (secondary N) is 1. The van der Waals surface area contributed by atoms with E-state index in [9.17, 15) is 0 Å². The Kier molecular flexibility index (Phi) is 11.4. The summed E-state index contributed by atoms with van der Waals surface area (Å²) in [6, 6.07) is 8.32. The van der Waals surface area contributed by atoms with E-state index in [1.807, 2.05) is 6.07 Å². The second kappa shape index (κ2) is 13.0. The first-order valence-electron chi connectivity index (χ1n) is 8.76. The van der Waals surface area contributed by atoms with Crippen LogP contribution in [-0.4, -0.2) is 6.54 Å². The van der Waals surface area contributed by atoms with Crippen LogP contribution in [0.3, 0.4) is 0 Å². The predicted molar refractivity (Wildman–Crippen MR) is 96.3 cm³/mol. The van der Waals surface area contributed by atoms with Crippen molar-refractivity contribution in [1.29, 1.82) is 0 Å². The van der Waals surface area contributed by atoms with E-state index in [2.05, 4.69) is 30.4 Å². The van der Waals surface area contributed by atoms with Gasteiger partial charge < -0.3 is 5.32 Å². The average molecular weight is 310 g/mol. The monoisotopic (exact) mass is 309 g/mol. The number of hydrogen-bond acceptors (Lipinski definition) is 1. The van der Waals surface area contributed by atoms with Gasteiger partial charge in [-0.05, 0) is 18.1 Å². The van der Waals surface area contributed by atoms with Gasteiger partial charge in [-0.25, -0.2) is 0 Å². The molecule has 0 saturated heterocycles. The quantitative estimate of drug-likeness (QED) is 0.313. The Morgan fingerprint density at radius 1 is 0.810 bits per heavy atom. The van der Waals surface area contributed by atoms with Crippen LogP contribution in [0.5, 0.6) is 0 Å². The molecule has 1 nitrogen and oxygen atoms in total. The molecule has 1 rings (SSSR count). The summed E-state index contributed by atoms with van der Waals surface area (Å²) < 4.78 is 0. The van der Waals surface area contributed by atoms with E-state index in [0.29, 0.717) is 5.88 Å². The summed E-state index contributed by atoms with van der Waals surface area (Å²) >= 11 is 5.93. The Morgan fingerprint density at radius 3 is 2.00 bits per heavy atom. The van der Waals surface area contributed by atoms with Crippen molar-refractivity contribution in [2.45, 2.75) is 77.0 Å². The minimum absolute atomic E-state index is 0.585. The van der Waals surface area contributed by atoms with Crippen molar-refractivity contribution in [2.24, 2.45) is 0 Å². The maximum atomic E-state index is 5.93. The molecule has 0 radical (unpaired) electrons. The van der Waals surface area contributed by atoms with Crippen molar-refractivity contribution >= 4 is 17.3 Å². The van der Waals surface area contributed by atoms with E-state index >= 15 is 0 Å². The lowest BCUT2D eigenvalue weighted by Gasteiger charge is -2.10. The first kappa shape index (κ1) is 18.4. The molecule has 0 aliphatic rings. The first-order chi connectivity index (χ1) is 10.4. The minimum Gasteiger partial charge on any atom is -0.385 e. The standard InChI is InChI=1S/C19H32ClN/c1-2-3-4-5-6-7-8-9-10-13-16-21-19-15-12-11-14-18(19)17-20/h11-12,14-15,21H,2-10,13,16-17H2,1H3. The molecule has 0 fully saturated rings. The van der Waals surface area contributed by atoms with Gasteiger partial charge in [0.25, 0.3) is 0 Å². The fraction of sp³-hybridized carbons (Fsp3) is 0.684. The summed E-state index contributed by atoms with van der Waals surface area (Å²) in [5.41, 5.74) is 2.40. The second-order valence-corrected chi connectivity index (χ2v) is 6.17. The second-order valence-electron chi connectivity index (χ2n) is 5.90. The summed E-state index contributed by atoms with van der Waals surface area (Å²) in [6.45, 7) is 3.34. The number of benzene rings is 1. The molecule has 0 aliphatic carbocycles. The summed E-state index contributed by atoms with van der Waals surface area (Å²) in [6.07, 6.45) is 13.9. The van der Waals surface area contributed by atoms with Gasteiger partial charge >= 0.3 is 0 Å². The molecule has 0 aromatic heterocycles. The molecule has 0 atom stereocenters. The normalized spacial score (nSPS) is 10.8. The van der Waals surface area contributed by atoms with Crippen molar-refractivity contribution in [1.82, 2.24) is 0 Å². The van der Waals surface area contributed by atoms with Crippen LogP contribution in [0.1, 0.15) is 76.7 Å². The van der Waals surface area contributed by atoms with Gasteiger partial charge in [0.15, 0.2) is 0 Å². The number of unbranched alkanes of at least 4 members (excludes halogenated alkanes) is 9. The highest BCUT2D eigenvalue weighted by Gasteiger charge is 1.99. The van der Waals surface area contributed by atoms with Gasteiger partial charge in [-0.1, -0.05) is 82.9 Å². The molecule has 0 saturated carbocycles. The number of halogens is 1. The third-order valence-electron chi connectivity index (χ3n) is 4.01. The molecule has 0 aliphatic heterocycles. The van der Waals surface area contributed by atoms with Crippen LogP contribution in [0, 0.1) is 0 Å². The zero-order valence-electron chi connectivity index (χ0n) is 13.7. The highest BCUT2D eigenvalue weighted by Crippen LogP contribution is 2.17. The molecule has 1 N–H and O–H groups in total. The van der Waals surface area contributed by atoms with E-state index < -0.39 is 0 Å². The van der Waals surface area contributed by atoms with E-state index in [-0.39, 0.29) is 0 Å². The van der Waals surface area contributed by atoms with Gasteiger partial charge in [-0.2, -0.15) is 0 Å². The molecule has 21 heavy (non-hydrogen) atoms. The van der Waals surface area contributed by atoms with E-state index in [1.54, 1.807) is 0 Å². The lowest BCUT2D eigenvalue weighted by Crippen LogP contribution is -2.03. The lowest BCUT2D eigenvalue weighted by atomic mass is 10.1. The van der Waals surface area contributed by atoms with E-state index in [1.165, 1.54) is 75.5 Å². The Bertz CT molecular complexity index is 351.